The number of halogens is 1. The first-order valence-electron chi connectivity index (χ1n) is 4.87. The number of hydrogen-bond donors (Lipinski definition) is 0. The van der Waals surface area contributed by atoms with Gasteiger partial charge in [-0.3, -0.25) is 0 Å². The van der Waals surface area contributed by atoms with Crippen molar-refractivity contribution in [3.05, 3.63) is 16.1 Å². The van der Waals surface area contributed by atoms with Crippen LogP contribution in [-0.4, -0.2) is 29.4 Å². The second-order valence-electron chi connectivity index (χ2n) is 3.49. The van der Waals surface area contributed by atoms with Gasteiger partial charge in [-0.2, -0.15) is 0 Å². The van der Waals surface area contributed by atoms with Crippen LogP contribution in [0.1, 0.15) is 23.4 Å². The summed E-state index contributed by atoms with van der Waals surface area (Å²) in [6.45, 7) is 4.20. The summed E-state index contributed by atoms with van der Waals surface area (Å²) in [4.78, 5) is 7.94. The van der Waals surface area contributed by atoms with Crippen molar-refractivity contribution < 1.29 is 0 Å². The molecule has 0 radical (unpaired) electrons. The van der Waals surface area contributed by atoms with E-state index >= 15 is 0 Å². The monoisotopic (exact) mass is 232 g/mol. The second-order valence-corrected chi connectivity index (χ2v) is 4.81. The lowest BCUT2D eigenvalue weighted by molar-refractivity contribution is 0.323. The fourth-order valence-electron chi connectivity index (χ4n) is 1.28. The second kappa shape index (κ2) is 6.38. The smallest absolute Gasteiger partial charge is 0.0798 e. The van der Waals surface area contributed by atoms with Gasteiger partial charge in [0.1, 0.15) is 0 Å². The maximum Gasteiger partial charge on any atom is 0.0798 e. The molecule has 0 saturated heterocycles. The van der Waals surface area contributed by atoms with E-state index in [1.165, 1.54) is 17.0 Å². The van der Waals surface area contributed by atoms with Crippen LogP contribution >= 0.6 is 22.9 Å². The number of nitrogens with zero attached hydrogens (tertiary/aromatic N) is 2. The van der Waals surface area contributed by atoms with E-state index in [0.717, 1.165) is 25.4 Å². The van der Waals surface area contributed by atoms with Crippen LogP contribution in [0.25, 0.3) is 0 Å². The average molecular weight is 233 g/mol. The summed E-state index contributed by atoms with van der Waals surface area (Å²) in [6.07, 6.45) is 2.28. The average Bonchev–Trinajstić information content (AvgIpc) is 2.52. The zero-order valence-electron chi connectivity index (χ0n) is 8.79. The minimum atomic E-state index is 0.771. The molecule has 0 bridgehead atoms. The van der Waals surface area contributed by atoms with Crippen LogP contribution in [0.4, 0.5) is 0 Å². The Kier molecular flexibility index (Phi) is 5.45. The molecule has 0 unspecified atom stereocenters. The van der Waals surface area contributed by atoms with E-state index in [0.29, 0.717) is 0 Å². The predicted molar refractivity (Wildman–Crippen MR) is 63.1 cm³/mol. The van der Waals surface area contributed by atoms with Crippen molar-refractivity contribution in [1.29, 1.82) is 0 Å². The molecular weight excluding hydrogens is 216 g/mol. The van der Waals surface area contributed by atoms with E-state index in [1.54, 1.807) is 11.3 Å². The molecule has 0 spiro atoms. The third-order valence-corrected chi connectivity index (χ3v) is 3.37. The Morgan fingerprint density at radius 1 is 1.50 bits per heavy atom. The highest BCUT2D eigenvalue weighted by atomic mass is 35.5. The molecule has 4 heteroatoms. The van der Waals surface area contributed by atoms with Crippen molar-refractivity contribution in [2.24, 2.45) is 0 Å². The van der Waals surface area contributed by atoms with Gasteiger partial charge in [-0.05, 0) is 33.4 Å². The van der Waals surface area contributed by atoms with Gasteiger partial charge >= 0.3 is 0 Å². The Hall–Kier alpha value is -0.120. The Morgan fingerprint density at radius 3 is 2.86 bits per heavy atom. The summed E-state index contributed by atoms with van der Waals surface area (Å²) < 4.78 is 0. The summed E-state index contributed by atoms with van der Waals surface area (Å²) in [5, 5.41) is 0. The Bertz CT molecular complexity index is 262. The summed E-state index contributed by atoms with van der Waals surface area (Å²) >= 11 is 7.36. The number of unbranched alkanes of at least 4 members (excludes halogenated alkanes) is 1. The molecule has 0 aromatic carbocycles. The van der Waals surface area contributed by atoms with Gasteiger partial charge < -0.3 is 4.90 Å². The van der Waals surface area contributed by atoms with Gasteiger partial charge in [0, 0.05) is 17.3 Å². The van der Waals surface area contributed by atoms with Gasteiger partial charge in [0.25, 0.3) is 0 Å². The first-order chi connectivity index (χ1) is 6.74. The molecule has 1 aromatic heterocycles. The van der Waals surface area contributed by atoms with E-state index < -0.39 is 0 Å². The van der Waals surface area contributed by atoms with Crippen LogP contribution in [0, 0.1) is 6.92 Å². The minimum Gasteiger partial charge on any atom is -0.301 e. The van der Waals surface area contributed by atoms with E-state index in [2.05, 4.69) is 23.9 Å². The van der Waals surface area contributed by atoms with E-state index in [4.69, 9.17) is 11.6 Å². The van der Waals surface area contributed by atoms with E-state index in [1.807, 2.05) is 5.51 Å². The predicted octanol–water partition coefficient (Wildman–Crippen LogP) is 2.90. The van der Waals surface area contributed by atoms with Crippen LogP contribution < -0.4 is 0 Å². The largest absolute Gasteiger partial charge is 0.301 e. The van der Waals surface area contributed by atoms with E-state index in [-0.39, 0.29) is 0 Å². The number of alkyl halides is 1. The molecule has 0 aliphatic heterocycles. The SMILES string of the molecule is Cc1ncsc1CN(C)CCCCCl. The van der Waals surface area contributed by atoms with Crippen molar-refractivity contribution in [2.75, 3.05) is 19.5 Å². The highest BCUT2D eigenvalue weighted by Crippen LogP contribution is 2.14. The number of aromatic nitrogens is 1. The van der Waals surface area contributed by atoms with Crippen LogP contribution in [-0.2, 0) is 6.54 Å². The number of rotatable bonds is 6. The van der Waals surface area contributed by atoms with Gasteiger partial charge in [0.2, 0.25) is 0 Å². The van der Waals surface area contributed by atoms with E-state index in [9.17, 15) is 0 Å². The fourth-order valence-corrected chi connectivity index (χ4v) is 2.32. The van der Waals surface area contributed by atoms with Gasteiger partial charge in [-0.15, -0.1) is 22.9 Å². The molecular formula is C10H17ClN2S. The number of hydrogen-bond acceptors (Lipinski definition) is 3. The molecule has 0 saturated carbocycles. The Balaban J connectivity index is 2.27. The number of aryl methyl sites for hydroxylation is 1. The third kappa shape index (κ3) is 3.95. The zero-order valence-corrected chi connectivity index (χ0v) is 10.4. The lowest BCUT2D eigenvalue weighted by atomic mass is 10.3. The summed E-state index contributed by atoms with van der Waals surface area (Å²) in [7, 11) is 2.15. The normalized spacial score (nSPS) is 11.1. The lowest BCUT2D eigenvalue weighted by Gasteiger charge is -2.15. The van der Waals surface area contributed by atoms with Crippen molar-refractivity contribution in [3.63, 3.8) is 0 Å². The van der Waals surface area contributed by atoms with Crippen molar-refractivity contribution in [3.8, 4) is 0 Å². The Labute approximate surface area is 94.9 Å². The summed E-state index contributed by atoms with van der Waals surface area (Å²) in [5.41, 5.74) is 3.08. The summed E-state index contributed by atoms with van der Waals surface area (Å²) in [5.74, 6) is 0.771. The highest BCUT2D eigenvalue weighted by Gasteiger charge is 2.04. The quantitative estimate of drug-likeness (QED) is 0.554. The van der Waals surface area contributed by atoms with Crippen molar-refractivity contribution in [1.82, 2.24) is 9.88 Å². The molecule has 80 valence electrons. The minimum absolute atomic E-state index is 0.771. The zero-order chi connectivity index (χ0) is 10.4. The van der Waals surface area contributed by atoms with Crippen molar-refractivity contribution >= 4 is 22.9 Å². The van der Waals surface area contributed by atoms with Crippen LogP contribution in [0.3, 0.4) is 0 Å². The molecule has 1 rings (SSSR count). The Morgan fingerprint density at radius 2 is 2.29 bits per heavy atom. The van der Waals surface area contributed by atoms with Crippen LogP contribution in [0.2, 0.25) is 0 Å². The fraction of sp³-hybridized carbons (Fsp3) is 0.700. The topological polar surface area (TPSA) is 16.1 Å². The summed E-state index contributed by atoms with van der Waals surface area (Å²) in [6, 6.07) is 0. The first kappa shape index (κ1) is 12.0. The van der Waals surface area contributed by atoms with Gasteiger partial charge in [-0.1, -0.05) is 0 Å². The molecule has 0 atom stereocenters. The first-order valence-corrected chi connectivity index (χ1v) is 6.29. The molecule has 1 heterocycles. The molecule has 0 amide bonds. The third-order valence-electron chi connectivity index (χ3n) is 2.18. The van der Waals surface area contributed by atoms with Crippen LogP contribution in [0.15, 0.2) is 5.51 Å². The molecule has 0 aliphatic rings. The maximum atomic E-state index is 5.63. The molecule has 1 aromatic rings. The molecule has 0 fully saturated rings. The molecule has 14 heavy (non-hydrogen) atoms. The lowest BCUT2D eigenvalue weighted by Crippen LogP contribution is -2.19. The van der Waals surface area contributed by atoms with Gasteiger partial charge in [0.05, 0.1) is 11.2 Å². The molecule has 0 aliphatic carbocycles. The highest BCUT2D eigenvalue weighted by molar-refractivity contribution is 7.09. The standard InChI is InChI=1S/C10H17ClN2S/c1-9-10(14-8-12-9)7-13(2)6-4-3-5-11/h8H,3-7H2,1-2H3. The molecule has 0 N–H and O–H groups in total. The van der Waals surface area contributed by atoms with Gasteiger partial charge in [-0.25, -0.2) is 4.98 Å². The maximum absolute atomic E-state index is 5.63. The van der Waals surface area contributed by atoms with Crippen LogP contribution in [0.5, 0.6) is 0 Å². The van der Waals surface area contributed by atoms with Crippen molar-refractivity contribution in [2.45, 2.75) is 26.3 Å². The number of thiazole rings is 1. The van der Waals surface area contributed by atoms with Gasteiger partial charge in [0.15, 0.2) is 0 Å². The molecule has 2 nitrogen and oxygen atoms in total.